The van der Waals surface area contributed by atoms with E-state index >= 15 is 0 Å². The van der Waals surface area contributed by atoms with Gasteiger partial charge in [-0.25, -0.2) is 0 Å². The number of nitrogens with zero attached hydrogens (tertiary/aromatic N) is 1. The molecule has 0 spiro atoms. The van der Waals surface area contributed by atoms with Crippen molar-refractivity contribution in [1.29, 1.82) is 0 Å². The fraction of sp³-hybridized carbons (Fsp3) is 0.130. The van der Waals surface area contributed by atoms with Crippen LogP contribution in [-0.4, -0.2) is 18.7 Å². The molecule has 148 valence electrons. The molecule has 0 unspecified atom stereocenters. The van der Waals surface area contributed by atoms with Gasteiger partial charge >= 0.3 is 0 Å². The number of halogens is 2. The van der Waals surface area contributed by atoms with Gasteiger partial charge in [-0.1, -0.05) is 35.3 Å². The molecular weight excluding hydrogens is 407 g/mol. The number of anilines is 1. The molecule has 0 fully saturated rings. The number of aryl methyl sites for hydroxylation is 2. The number of nitrogens with one attached hydrogen (secondary N) is 1. The van der Waals surface area contributed by atoms with Crippen molar-refractivity contribution in [1.82, 2.24) is 0 Å². The summed E-state index contributed by atoms with van der Waals surface area (Å²) in [5.74, 6) is 0.337. The van der Waals surface area contributed by atoms with E-state index in [1.165, 1.54) is 0 Å². The summed E-state index contributed by atoms with van der Waals surface area (Å²) < 4.78 is 5.53. The number of hydrogen-bond donors (Lipinski definition) is 1. The number of ether oxygens (including phenoxy) is 1. The number of carbonyl (C=O) groups is 1. The number of carbonyl (C=O) groups excluding carboxylic acids is 1. The average molecular weight is 427 g/mol. The lowest BCUT2D eigenvalue weighted by atomic mass is 10.2. The van der Waals surface area contributed by atoms with Crippen molar-refractivity contribution in [3.63, 3.8) is 0 Å². The Balaban J connectivity index is 1.53. The number of rotatable bonds is 6. The van der Waals surface area contributed by atoms with Gasteiger partial charge in [0.1, 0.15) is 5.75 Å². The summed E-state index contributed by atoms with van der Waals surface area (Å²) in [7, 11) is 0. The van der Waals surface area contributed by atoms with E-state index in [1.54, 1.807) is 30.5 Å². The largest absolute Gasteiger partial charge is 0.484 e. The van der Waals surface area contributed by atoms with Crippen LogP contribution in [0.5, 0.6) is 5.75 Å². The van der Waals surface area contributed by atoms with E-state index in [0.717, 1.165) is 22.4 Å². The molecule has 3 aromatic rings. The molecule has 0 bridgehead atoms. The molecule has 0 saturated heterocycles. The van der Waals surface area contributed by atoms with Gasteiger partial charge in [-0.05, 0) is 79.1 Å². The van der Waals surface area contributed by atoms with Crippen molar-refractivity contribution in [3.05, 3.63) is 87.4 Å². The Morgan fingerprint density at radius 2 is 1.62 bits per heavy atom. The number of amides is 1. The first-order valence-corrected chi connectivity index (χ1v) is 9.75. The molecule has 0 heterocycles. The van der Waals surface area contributed by atoms with Crippen LogP contribution in [0.4, 0.5) is 11.4 Å². The minimum absolute atomic E-state index is 0.0964. The van der Waals surface area contributed by atoms with Crippen molar-refractivity contribution in [2.75, 3.05) is 11.9 Å². The fourth-order valence-corrected chi connectivity index (χ4v) is 2.83. The van der Waals surface area contributed by atoms with Gasteiger partial charge in [-0.15, -0.1) is 0 Å². The van der Waals surface area contributed by atoms with Gasteiger partial charge in [0, 0.05) is 21.9 Å². The molecule has 0 radical (unpaired) electrons. The van der Waals surface area contributed by atoms with Gasteiger partial charge in [0.2, 0.25) is 0 Å². The highest BCUT2D eigenvalue weighted by molar-refractivity contribution is 6.32. The van der Waals surface area contributed by atoms with Crippen molar-refractivity contribution >= 4 is 46.7 Å². The number of hydrogen-bond acceptors (Lipinski definition) is 3. The first kappa shape index (κ1) is 20.9. The van der Waals surface area contributed by atoms with Crippen LogP contribution in [0, 0.1) is 13.8 Å². The highest BCUT2D eigenvalue weighted by Gasteiger charge is 2.05. The van der Waals surface area contributed by atoms with Crippen LogP contribution in [0.2, 0.25) is 10.0 Å². The molecular formula is C23H20Cl2N2O2. The molecule has 1 N–H and O–H groups in total. The third-order valence-corrected chi connectivity index (χ3v) is 5.04. The SMILES string of the molecule is Cc1ccc(N=Cc2ccc(OCC(=O)Nc3ccc(C)c(Cl)c3)cc2)cc1Cl. The summed E-state index contributed by atoms with van der Waals surface area (Å²) in [5.41, 5.74) is 4.30. The molecule has 3 rings (SSSR count). The second-order valence-corrected chi connectivity index (χ2v) is 7.38. The maximum Gasteiger partial charge on any atom is 0.262 e. The van der Waals surface area contributed by atoms with Crippen LogP contribution in [-0.2, 0) is 4.79 Å². The first-order valence-electron chi connectivity index (χ1n) is 9.00. The van der Waals surface area contributed by atoms with Crippen LogP contribution in [0.1, 0.15) is 16.7 Å². The summed E-state index contributed by atoms with van der Waals surface area (Å²) in [5, 5.41) is 4.05. The summed E-state index contributed by atoms with van der Waals surface area (Å²) in [4.78, 5) is 16.5. The molecule has 0 aromatic heterocycles. The van der Waals surface area contributed by atoms with Gasteiger partial charge in [-0.3, -0.25) is 9.79 Å². The van der Waals surface area contributed by atoms with E-state index in [-0.39, 0.29) is 12.5 Å². The van der Waals surface area contributed by atoms with Crippen LogP contribution in [0.25, 0.3) is 0 Å². The molecule has 0 saturated carbocycles. The van der Waals surface area contributed by atoms with Crippen LogP contribution in [0.15, 0.2) is 65.7 Å². The van der Waals surface area contributed by atoms with Crippen LogP contribution in [0.3, 0.4) is 0 Å². The lowest BCUT2D eigenvalue weighted by Gasteiger charge is -2.08. The third-order valence-electron chi connectivity index (χ3n) is 4.22. The van der Waals surface area contributed by atoms with Gasteiger partial charge in [-0.2, -0.15) is 0 Å². The Hall–Kier alpha value is -2.82. The predicted molar refractivity (Wildman–Crippen MR) is 120 cm³/mol. The molecule has 1 amide bonds. The van der Waals surface area contributed by atoms with Crippen molar-refractivity contribution in [3.8, 4) is 5.75 Å². The topological polar surface area (TPSA) is 50.7 Å². The normalized spacial score (nSPS) is 10.9. The fourth-order valence-electron chi connectivity index (χ4n) is 2.48. The second kappa shape index (κ2) is 9.59. The number of benzene rings is 3. The third kappa shape index (κ3) is 6.08. The number of aliphatic imine (C=N–C) groups is 1. The van der Waals surface area contributed by atoms with E-state index in [0.29, 0.717) is 21.5 Å². The highest BCUT2D eigenvalue weighted by Crippen LogP contribution is 2.22. The first-order chi connectivity index (χ1) is 13.9. The smallest absolute Gasteiger partial charge is 0.262 e. The summed E-state index contributed by atoms with van der Waals surface area (Å²) >= 11 is 12.2. The van der Waals surface area contributed by atoms with E-state index in [2.05, 4.69) is 10.3 Å². The van der Waals surface area contributed by atoms with Gasteiger partial charge in [0.05, 0.1) is 5.69 Å². The molecule has 0 aliphatic rings. The molecule has 29 heavy (non-hydrogen) atoms. The van der Waals surface area contributed by atoms with Crippen LogP contribution >= 0.6 is 23.2 Å². The van der Waals surface area contributed by atoms with E-state index in [4.69, 9.17) is 27.9 Å². The maximum atomic E-state index is 12.0. The summed E-state index contributed by atoms with van der Waals surface area (Å²) in [6.45, 7) is 3.76. The van der Waals surface area contributed by atoms with Crippen molar-refractivity contribution in [2.24, 2.45) is 4.99 Å². The molecule has 0 aliphatic heterocycles. The average Bonchev–Trinajstić information content (AvgIpc) is 2.71. The van der Waals surface area contributed by atoms with Crippen molar-refractivity contribution < 1.29 is 9.53 Å². The lowest BCUT2D eigenvalue weighted by Crippen LogP contribution is -2.20. The van der Waals surface area contributed by atoms with Gasteiger partial charge in [0.15, 0.2) is 6.61 Å². The van der Waals surface area contributed by atoms with E-state index < -0.39 is 0 Å². The Morgan fingerprint density at radius 3 is 2.28 bits per heavy atom. The van der Waals surface area contributed by atoms with Gasteiger partial charge in [0.25, 0.3) is 5.91 Å². The predicted octanol–water partition coefficient (Wildman–Crippen LogP) is 6.38. The Morgan fingerprint density at radius 1 is 0.966 bits per heavy atom. The molecule has 3 aromatic carbocycles. The lowest BCUT2D eigenvalue weighted by molar-refractivity contribution is -0.118. The molecule has 0 atom stereocenters. The van der Waals surface area contributed by atoms with Gasteiger partial charge < -0.3 is 10.1 Å². The van der Waals surface area contributed by atoms with Crippen molar-refractivity contribution in [2.45, 2.75) is 13.8 Å². The van der Waals surface area contributed by atoms with E-state index in [1.807, 2.05) is 50.2 Å². The minimum atomic E-state index is -0.258. The maximum absolute atomic E-state index is 12.0. The quantitative estimate of drug-likeness (QED) is 0.464. The standard InChI is InChI=1S/C23H20Cl2N2O2/c1-15-3-7-18(11-21(15)24)26-13-17-5-9-20(10-6-17)29-14-23(28)27-19-8-4-16(2)22(25)12-19/h3-13H,14H2,1-2H3,(H,27,28). The highest BCUT2D eigenvalue weighted by atomic mass is 35.5. The van der Waals surface area contributed by atoms with E-state index in [9.17, 15) is 4.79 Å². The summed E-state index contributed by atoms with van der Waals surface area (Å²) in [6.07, 6.45) is 1.75. The second-order valence-electron chi connectivity index (χ2n) is 6.56. The van der Waals surface area contributed by atoms with Crippen LogP contribution < -0.4 is 10.1 Å². The Kier molecular flexibility index (Phi) is 6.91. The molecule has 0 aliphatic carbocycles. The zero-order valence-corrected chi connectivity index (χ0v) is 17.6. The Labute approximate surface area is 180 Å². The Bertz CT molecular complexity index is 1050. The zero-order valence-electron chi connectivity index (χ0n) is 16.1. The molecule has 6 heteroatoms. The summed E-state index contributed by atoms with van der Waals surface area (Å²) in [6, 6.07) is 18.3. The zero-order chi connectivity index (χ0) is 20.8. The minimum Gasteiger partial charge on any atom is -0.484 e. The monoisotopic (exact) mass is 426 g/mol. The molecule has 4 nitrogen and oxygen atoms in total.